The summed E-state index contributed by atoms with van der Waals surface area (Å²) in [5, 5.41) is 3.41. The maximum atomic E-state index is 13.1. The van der Waals surface area contributed by atoms with Crippen molar-refractivity contribution in [1.82, 2.24) is 25.1 Å². The Bertz CT molecular complexity index is 837. The number of nitrogens with one attached hydrogen (secondary N) is 1. The molecule has 0 aliphatic carbocycles. The summed E-state index contributed by atoms with van der Waals surface area (Å²) in [6.07, 6.45) is 4.09. The van der Waals surface area contributed by atoms with E-state index in [-0.39, 0.29) is 17.4 Å². The Morgan fingerprint density at radius 2 is 1.75 bits per heavy atom. The second kappa shape index (κ2) is 6.94. The van der Waals surface area contributed by atoms with Gasteiger partial charge in [0, 0.05) is 75.5 Å². The Kier molecular flexibility index (Phi) is 4.40. The third-order valence-corrected chi connectivity index (χ3v) is 6.72. The second-order valence-electron chi connectivity index (χ2n) is 8.45. The molecule has 3 atom stereocenters. The SMILES string of the molecule is CCc1ncc(C(=O)N[C@@H]2C3CN4CCN(C3)CC2(c2ccccc2)C4)cn1. The van der Waals surface area contributed by atoms with Crippen molar-refractivity contribution in [3.8, 4) is 0 Å². The number of benzene rings is 1. The molecule has 2 aromatic rings. The molecule has 1 N–H and O–H groups in total. The highest BCUT2D eigenvalue weighted by Crippen LogP contribution is 2.43. The molecule has 1 amide bonds. The van der Waals surface area contributed by atoms with Gasteiger partial charge in [0.1, 0.15) is 5.82 Å². The van der Waals surface area contributed by atoms with Crippen molar-refractivity contribution in [2.75, 3.05) is 39.3 Å². The van der Waals surface area contributed by atoms with Gasteiger partial charge in [0.2, 0.25) is 0 Å². The number of carbonyl (C=O) groups excluding carboxylic acids is 1. The average molecular weight is 377 g/mol. The van der Waals surface area contributed by atoms with Crippen LogP contribution in [-0.2, 0) is 11.8 Å². The Morgan fingerprint density at radius 3 is 2.36 bits per heavy atom. The summed E-state index contributed by atoms with van der Waals surface area (Å²) < 4.78 is 0. The van der Waals surface area contributed by atoms with Gasteiger partial charge in [-0.3, -0.25) is 4.79 Å². The Balaban J connectivity index is 1.49. The maximum Gasteiger partial charge on any atom is 0.254 e. The zero-order chi connectivity index (χ0) is 19.1. The van der Waals surface area contributed by atoms with Gasteiger partial charge in [-0.2, -0.15) is 0 Å². The second-order valence-corrected chi connectivity index (χ2v) is 8.45. The van der Waals surface area contributed by atoms with Gasteiger partial charge >= 0.3 is 0 Å². The lowest BCUT2D eigenvalue weighted by Crippen LogP contribution is -2.70. The molecule has 1 aromatic heterocycles. The van der Waals surface area contributed by atoms with Crippen molar-refractivity contribution in [3.05, 3.63) is 59.7 Å². The van der Waals surface area contributed by atoms with Crippen molar-refractivity contribution < 1.29 is 4.79 Å². The van der Waals surface area contributed by atoms with Gasteiger partial charge in [-0.25, -0.2) is 9.97 Å². The van der Waals surface area contributed by atoms with E-state index in [1.165, 1.54) is 5.56 Å². The van der Waals surface area contributed by atoms with Gasteiger partial charge in [-0.05, 0) is 5.56 Å². The van der Waals surface area contributed by atoms with Gasteiger partial charge in [-0.15, -0.1) is 0 Å². The molecule has 0 spiro atoms. The molecule has 5 heterocycles. The van der Waals surface area contributed by atoms with Crippen LogP contribution in [-0.4, -0.2) is 71.0 Å². The summed E-state index contributed by atoms with van der Waals surface area (Å²) in [5.74, 6) is 1.15. The van der Waals surface area contributed by atoms with Gasteiger partial charge in [0.25, 0.3) is 5.91 Å². The fourth-order valence-corrected chi connectivity index (χ4v) is 5.45. The van der Waals surface area contributed by atoms with E-state index < -0.39 is 0 Å². The molecule has 6 rings (SSSR count). The number of hydrogen-bond acceptors (Lipinski definition) is 5. The minimum Gasteiger partial charge on any atom is -0.348 e. The fourth-order valence-electron chi connectivity index (χ4n) is 5.45. The van der Waals surface area contributed by atoms with Crippen LogP contribution in [0.15, 0.2) is 42.7 Å². The molecule has 28 heavy (non-hydrogen) atoms. The number of rotatable bonds is 4. The van der Waals surface area contributed by atoms with Crippen molar-refractivity contribution in [3.63, 3.8) is 0 Å². The quantitative estimate of drug-likeness (QED) is 0.871. The molecular weight excluding hydrogens is 350 g/mol. The lowest BCUT2D eigenvalue weighted by Gasteiger charge is -2.55. The van der Waals surface area contributed by atoms with Crippen molar-refractivity contribution in [1.29, 1.82) is 0 Å². The van der Waals surface area contributed by atoms with E-state index in [0.717, 1.165) is 51.5 Å². The molecule has 4 bridgehead atoms. The molecule has 0 radical (unpaired) electrons. The summed E-state index contributed by atoms with van der Waals surface area (Å²) in [4.78, 5) is 26.9. The first-order chi connectivity index (χ1) is 13.7. The van der Waals surface area contributed by atoms with E-state index in [9.17, 15) is 4.79 Å². The van der Waals surface area contributed by atoms with Crippen LogP contribution in [0.2, 0.25) is 0 Å². The Labute approximate surface area is 166 Å². The molecule has 0 saturated carbocycles. The number of piperidine rings is 2. The van der Waals surface area contributed by atoms with Gasteiger partial charge in [0.15, 0.2) is 0 Å². The van der Waals surface area contributed by atoms with E-state index in [4.69, 9.17) is 0 Å². The monoisotopic (exact) mass is 377 g/mol. The number of carbonyl (C=O) groups is 1. The third-order valence-electron chi connectivity index (χ3n) is 6.72. The van der Waals surface area contributed by atoms with E-state index >= 15 is 0 Å². The molecule has 6 nitrogen and oxygen atoms in total. The first-order valence-electron chi connectivity index (χ1n) is 10.3. The molecular formula is C22H27N5O. The van der Waals surface area contributed by atoms with E-state index in [1.54, 1.807) is 12.4 Å². The van der Waals surface area contributed by atoms with Crippen LogP contribution >= 0.6 is 0 Å². The Morgan fingerprint density at radius 1 is 1.11 bits per heavy atom. The predicted molar refractivity (Wildman–Crippen MR) is 107 cm³/mol. The van der Waals surface area contributed by atoms with Crippen LogP contribution in [0.5, 0.6) is 0 Å². The Hall–Kier alpha value is -2.31. The number of aromatic nitrogens is 2. The summed E-state index contributed by atoms with van der Waals surface area (Å²) in [6, 6.07) is 10.9. The minimum atomic E-state index is -0.0706. The molecule has 4 fully saturated rings. The lowest BCUT2D eigenvalue weighted by atomic mass is 9.64. The predicted octanol–water partition coefficient (Wildman–Crippen LogP) is 1.34. The highest BCUT2D eigenvalue weighted by Gasteiger charge is 2.55. The molecule has 1 aromatic carbocycles. The van der Waals surface area contributed by atoms with Gasteiger partial charge < -0.3 is 15.1 Å². The number of aryl methyl sites for hydroxylation is 1. The molecule has 4 aliphatic heterocycles. The van der Waals surface area contributed by atoms with Crippen LogP contribution in [0, 0.1) is 5.92 Å². The first-order valence-corrected chi connectivity index (χ1v) is 10.3. The van der Waals surface area contributed by atoms with Gasteiger partial charge in [-0.1, -0.05) is 37.3 Å². The molecule has 6 heteroatoms. The number of nitrogens with zero attached hydrogens (tertiary/aromatic N) is 4. The normalized spacial score (nSPS) is 33.5. The van der Waals surface area contributed by atoms with Crippen molar-refractivity contribution >= 4 is 5.91 Å². The number of fused-ring (bicyclic) bond motifs is 1. The molecule has 4 aliphatic rings. The fraction of sp³-hybridized carbons (Fsp3) is 0.500. The van der Waals surface area contributed by atoms with Crippen LogP contribution < -0.4 is 5.32 Å². The summed E-state index contributed by atoms with van der Waals surface area (Å²) >= 11 is 0. The van der Waals surface area contributed by atoms with Crippen LogP contribution in [0.1, 0.15) is 28.7 Å². The number of amides is 1. The molecule has 4 saturated heterocycles. The molecule has 146 valence electrons. The number of hydrogen-bond donors (Lipinski definition) is 1. The van der Waals surface area contributed by atoms with Crippen LogP contribution in [0.4, 0.5) is 0 Å². The smallest absolute Gasteiger partial charge is 0.254 e. The highest BCUT2D eigenvalue weighted by molar-refractivity contribution is 5.94. The van der Waals surface area contributed by atoms with Gasteiger partial charge in [0.05, 0.1) is 5.56 Å². The maximum absolute atomic E-state index is 13.1. The summed E-state index contributed by atoms with van der Waals surface area (Å²) in [6.45, 7) is 8.38. The standard InChI is InChI=1S/C22H27N5O/c1-2-19-23-10-16(11-24-19)21(28)25-20-17-12-26-8-9-27(13-17)15-22(20,14-26)18-6-4-3-5-7-18/h3-7,10-11,17,20H,2,8-9,12-15H2,1H3,(H,25,28)/t17?,20-,22?/m1/s1. The largest absolute Gasteiger partial charge is 0.348 e. The van der Waals surface area contributed by atoms with Crippen LogP contribution in [0.3, 0.4) is 0 Å². The topological polar surface area (TPSA) is 61.4 Å². The minimum absolute atomic E-state index is 0.0564. The van der Waals surface area contributed by atoms with Crippen molar-refractivity contribution in [2.24, 2.45) is 5.92 Å². The van der Waals surface area contributed by atoms with Crippen molar-refractivity contribution in [2.45, 2.75) is 24.8 Å². The summed E-state index contributed by atoms with van der Waals surface area (Å²) in [5.41, 5.74) is 1.81. The van der Waals surface area contributed by atoms with E-state index in [0.29, 0.717) is 11.5 Å². The summed E-state index contributed by atoms with van der Waals surface area (Å²) in [7, 11) is 0. The van der Waals surface area contributed by atoms with E-state index in [2.05, 4.69) is 55.4 Å². The first kappa shape index (κ1) is 17.8. The average Bonchev–Trinajstić information content (AvgIpc) is 2.99. The van der Waals surface area contributed by atoms with Crippen LogP contribution in [0.25, 0.3) is 0 Å². The lowest BCUT2D eigenvalue weighted by molar-refractivity contribution is 0.0180. The molecule has 2 unspecified atom stereocenters. The van der Waals surface area contributed by atoms with E-state index in [1.807, 2.05) is 6.92 Å². The zero-order valence-electron chi connectivity index (χ0n) is 16.3. The highest BCUT2D eigenvalue weighted by atomic mass is 16.1. The zero-order valence-corrected chi connectivity index (χ0v) is 16.3. The third kappa shape index (κ3) is 2.91.